The van der Waals surface area contributed by atoms with Crippen LogP contribution in [-0.2, 0) is 14.8 Å². The lowest BCUT2D eigenvalue weighted by Gasteiger charge is -2.32. The van der Waals surface area contributed by atoms with Crippen molar-refractivity contribution < 1.29 is 13.2 Å². The Morgan fingerprint density at radius 2 is 1.59 bits per heavy atom. The van der Waals surface area contributed by atoms with Crippen LogP contribution in [0.4, 0.5) is 5.69 Å². The average Bonchev–Trinajstić information content (AvgIpc) is 2.27. The molecule has 22 heavy (non-hydrogen) atoms. The largest absolute Gasteiger partial charge is 0.324 e. The number of hydrogen-bond acceptors (Lipinski definition) is 3. The van der Waals surface area contributed by atoms with Crippen LogP contribution in [0.25, 0.3) is 0 Å². The Labute approximate surface area is 133 Å². The van der Waals surface area contributed by atoms with Gasteiger partial charge in [0.15, 0.2) is 0 Å². The van der Waals surface area contributed by atoms with Crippen LogP contribution in [-0.4, -0.2) is 37.0 Å². The second-order valence-corrected chi connectivity index (χ2v) is 8.67. The molecule has 1 N–H and O–H groups in total. The highest BCUT2D eigenvalue weighted by atomic mass is 32.2. The van der Waals surface area contributed by atoms with Crippen molar-refractivity contribution in [2.45, 2.75) is 47.1 Å². The van der Waals surface area contributed by atoms with Crippen LogP contribution in [0.1, 0.15) is 37.5 Å². The number of benzene rings is 1. The Morgan fingerprint density at radius 1 is 1.14 bits per heavy atom. The van der Waals surface area contributed by atoms with Crippen molar-refractivity contribution in [1.29, 1.82) is 0 Å². The van der Waals surface area contributed by atoms with Gasteiger partial charge in [-0.05, 0) is 52.7 Å². The van der Waals surface area contributed by atoms with E-state index in [1.165, 1.54) is 4.31 Å². The molecule has 0 aliphatic rings. The highest BCUT2D eigenvalue weighted by Crippen LogP contribution is 2.23. The fourth-order valence-corrected chi connectivity index (χ4v) is 3.89. The van der Waals surface area contributed by atoms with Gasteiger partial charge in [-0.3, -0.25) is 4.79 Å². The second-order valence-electron chi connectivity index (χ2n) is 6.76. The smallest absolute Gasteiger partial charge is 0.239 e. The summed E-state index contributed by atoms with van der Waals surface area (Å²) in [6.45, 7) is 10.9. The van der Waals surface area contributed by atoms with E-state index in [1.54, 1.807) is 20.8 Å². The monoisotopic (exact) mass is 326 g/mol. The number of hydrogen-bond donors (Lipinski definition) is 1. The molecule has 1 rings (SSSR count). The lowest BCUT2D eigenvalue weighted by Crippen LogP contribution is -2.48. The van der Waals surface area contributed by atoms with Gasteiger partial charge in [-0.1, -0.05) is 17.7 Å². The maximum absolute atomic E-state index is 12.3. The van der Waals surface area contributed by atoms with E-state index in [4.69, 9.17) is 0 Å². The molecule has 0 unspecified atom stereocenters. The van der Waals surface area contributed by atoms with Gasteiger partial charge in [0.1, 0.15) is 0 Å². The normalized spacial score (nSPS) is 12.5. The lowest BCUT2D eigenvalue weighted by molar-refractivity contribution is -0.117. The summed E-state index contributed by atoms with van der Waals surface area (Å²) in [5, 5.41) is 2.84. The number of nitrogens with one attached hydrogen (secondary N) is 1. The van der Waals surface area contributed by atoms with Crippen LogP contribution in [0.15, 0.2) is 12.1 Å². The van der Waals surface area contributed by atoms with Gasteiger partial charge in [-0.2, -0.15) is 4.31 Å². The number of carbonyl (C=O) groups excluding carboxylic acids is 1. The highest BCUT2D eigenvalue weighted by molar-refractivity contribution is 7.88. The predicted octanol–water partition coefficient (Wildman–Crippen LogP) is 2.61. The van der Waals surface area contributed by atoms with Crippen molar-refractivity contribution in [3.63, 3.8) is 0 Å². The molecule has 0 radical (unpaired) electrons. The molecule has 1 amide bonds. The third-order valence-corrected chi connectivity index (χ3v) is 4.85. The molecule has 0 atom stereocenters. The van der Waals surface area contributed by atoms with Crippen LogP contribution < -0.4 is 5.32 Å². The Bertz CT molecular complexity index is 650. The van der Waals surface area contributed by atoms with E-state index in [0.29, 0.717) is 0 Å². The van der Waals surface area contributed by atoms with E-state index < -0.39 is 15.6 Å². The second kappa shape index (κ2) is 6.38. The summed E-state index contributed by atoms with van der Waals surface area (Å²) < 4.78 is 25.0. The molecule has 0 heterocycles. The first-order chi connectivity index (χ1) is 9.82. The number of aryl methyl sites for hydroxylation is 3. The number of carbonyl (C=O) groups is 1. The van der Waals surface area contributed by atoms with Gasteiger partial charge in [-0.15, -0.1) is 0 Å². The zero-order valence-electron chi connectivity index (χ0n) is 14.4. The number of anilines is 1. The van der Waals surface area contributed by atoms with Gasteiger partial charge in [0, 0.05) is 11.2 Å². The topological polar surface area (TPSA) is 66.5 Å². The number of nitrogens with zero attached hydrogens (tertiary/aromatic N) is 1. The van der Waals surface area contributed by atoms with E-state index in [0.717, 1.165) is 28.6 Å². The maximum atomic E-state index is 12.3. The van der Waals surface area contributed by atoms with Crippen molar-refractivity contribution >= 4 is 21.6 Å². The fourth-order valence-electron chi connectivity index (χ4n) is 2.54. The fraction of sp³-hybridized carbons (Fsp3) is 0.562. The molecule has 1 aromatic rings. The zero-order valence-corrected chi connectivity index (χ0v) is 15.3. The Hall–Kier alpha value is -1.40. The maximum Gasteiger partial charge on any atom is 0.239 e. The Balaban J connectivity index is 3.00. The molecule has 0 bridgehead atoms. The number of amides is 1. The van der Waals surface area contributed by atoms with Gasteiger partial charge in [0.25, 0.3) is 0 Å². The first kappa shape index (κ1) is 18.6. The molecule has 1 aromatic carbocycles. The van der Waals surface area contributed by atoms with E-state index in [-0.39, 0.29) is 12.5 Å². The van der Waals surface area contributed by atoms with Gasteiger partial charge in [0.05, 0.1) is 12.8 Å². The molecule has 0 aromatic heterocycles. The molecule has 0 aliphatic carbocycles. The highest BCUT2D eigenvalue weighted by Gasteiger charge is 2.31. The third kappa shape index (κ3) is 4.81. The van der Waals surface area contributed by atoms with Crippen LogP contribution in [0.5, 0.6) is 0 Å². The average molecular weight is 326 g/mol. The van der Waals surface area contributed by atoms with Crippen LogP contribution >= 0.6 is 0 Å². The summed E-state index contributed by atoms with van der Waals surface area (Å²) >= 11 is 0. The summed E-state index contributed by atoms with van der Waals surface area (Å²) in [5.41, 5.74) is 3.15. The van der Waals surface area contributed by atoms with Crippen LogP contribution in [0.3, 0.4) is 0 Å². The Kier molecular flexibility index (Phi) is 5.41. The third-order valence-electron chi connectivity index (χ3n) is 3.38. The number of sulfonamides is 1. The molecule has 0 saturated heterocycles. The summed E-state index contributed by atoms with van der Waals surface area (Å²) in [5.74, 6) is -0.338. The van der Waals surface area contributed by atoms with Crippen molar-refractivity contribution in [1.82, 2.24) is 4.31 Å². The first-order valence-electron chi connectivity index (χ1n) is 7.18. The molecule has 124 valence electrons. The standard InChI is InChI=1S/C16H26N2O3S/c1-11-8-12(2)15(13(3)9-11)17-14(19)10-18(16(4,5)6)22(7,20)21/h8-9H,10H2,1-7H3,(H,17,19). The summed E-state index contributed by atoms with van der Waals surface area (Å²) in [7, 11) is -3.46. The van der Waals surface area contributed by atoms with Gasteiger partial charge in [-0.25, -0.2) is 8.42 Å². The van der Waals surface area contributed by atoms with Gasteiger partial charge < -0.3 is 5.32 Å². The van der Waals surface area contributed by atoms with E-state index in [2.05, 4.69) is 5.32 Å². The zero-order chi connectivity index (χ0) is 17.3. The predicted molar refractivity (Wildman–Crippen MR) is 90.6 cm³/mol. The van der Waals surface area contributed by atoms with Crippen molar-refractivity contribution in [2.24, 2.45) is 0 Å². The molecule has 0 saturated carbocycles. The molecule has 6 heteroatoms. The summed E-state index contributed by atoms with van der Waals surface area (Å²) in [6, 6.07) is 3.97. The van der Waals surface area contributed by atoms with E-state index in [1.807, 2.05) is 32.9 Å². The Morgan fingerprint density at radius 3 is 1.95 bits per heavy atom. The molecule has 0 aliphatic heterocycles. The minimum atomic E-state index is -3.46. The minimum absolute atomic E-state index is 0.199. The summed E-state index contributed by atoms with van der Waals surface area (Å²) in [4.78, 5) is 12.3. The molecule has 5 nitrogen and oxygen atoms in total. The number of rotatable bonds is 4. The van der Waals surface area contributed by atoms with Crippen molar-refractivity contribution in [2.75, 3.05) is 18.1 Å². The molecule has 0 spiro atoms. The van der Waals surface area contributed by atoms with E-state index in [9.17, 15) is 13.2 Å². The molecular weight excluding hydrogens is 300 g/mol. The molecule has 0 fully saturated rings. The quantitative estimate of drug-likeness (QED) is 0.925. The summed E-state index contributed by atoms with van der Waals surface area (Å²) in [6.07, 6.45) is 1.12. The van der Waals surface area contributed by atoms with Crippen molar-refractivity contribution in [3.05, 3.63) is 28.8 Å². The lowest BCUT2D eigenvalue weighted by atomic mass is 10.1. The van der Waals surface area contributed by atoms with Crippen molar-refractivity contribution in [3.8, 4) is 0 Å². The SMILES string of the molecule is Cc1cc(C)c(NC(=O)CN(C(C)(C)C)S(C)(=O)=O)c(C)c1. The van der Waals surface area contributed by atoms with E-state index >= 15 is 0 Å². The van der Waals surface area contributed by atoms with Crippen LogP contribution in [0.2, 0.25) is 0 Å². The minimum Gasteiger partial charge on any atom is -0.324 e. The molecular formula is C16H26N2O3S. The van der Waals surface area contributed by atoms with Gasteiger partial charge in [0.2, 0.25) is 15.9 Å². The first-order valence-corrected chi connectivity index (χ1v) is 9.02. The van der Waals surface area contributed by atoms with Gasteiger partial charge >= 0.3 is 0 Å². The van der Waals surface area contributed by atoms with Crippen LogP contribution in [0, 0.1) is 20.8 Å².